The van der Waals surface area contributed by atoms with Gasteiger partial charge in [-0.3, -0.25) is 4.79 Å². The highest BCUT2D eigenvalue weighted by Crippen LogP contribution is 2.33. The number of hydrogen-bond donors (Lipinski definition) is 2. The molecule has 1 saturated carbocycles. The van der Waals surface area contributed by atoms with Crippen LogP contribution in [0.3, 0.4) is 0 Å². The first kappa shape index (κ1) is 24.1. The molecule has 0 atom stereocenters. The minimum absolute atomic E-state index is 0.124. The number of carbonyl (C=O) groups excluding carboxylic acids is 1. The first-order valence-corrected chi connectivity index (χ1v) is 14.5. The molecule has 2 fully saturated rings. The Bertz CT molecular complexity index is 1220. The van der Waals surface area contributed by atoms with Gasteiger partial charge in [0.05, 0.1) is 18.1 Å². The molecule has 35 heavy (non-hydrogen) atoms. The van der Waals surface area contributed by atoms with Crippen molar-refractivity contribution in [1.82, 2.24) is 5.32 Å². The summed E-state index contributed by atoms with van der Waals surface area (Å²) < 4.78 is 29.1. The molecule has 2 aliphatic carbocycles. The van der Waals surface area contributed by atoms with E-state index in [0.29, 0.717) is 35.8 Å². The Morgan fingerprint density at radius 3 is 2.46 bits per heavy atom. The smallest absolute Gasteiger partial charge is 0.255 e. The molecule has 2 aromatic carbocycles. The lowest BCUT2D eigenvalue weighted by atomic mass is 9.86. The summed E-state index contributed by atoms with van der Waals surface area (Å²) in [6.45, 7) is 3.72. The standard InChI is InChI=1S/C28H34N2O4S/c1-19-23(17-29-24-12-14-35(32,33)15-13-24)5-4-22-16-25(8-11-27(19)22)30-28(31)21-6-9-26(10-7-21)34-18-20-2-3-20/h6-11,16,20,24,29H,2-5,12-15,17-18H2,1H3,(H,30,31). The number of benzene rings is 2. The highest BCUT2D eigenvalue weighted by atomic mass is 32.2. The van der Waals surface area contributed by atoms with Crippen molar-refractivity contribution in [2.24, 2.45) is 5.92 Å². The van der Waals surface area contributed by atoms with Crippen LogP contribution in [0.25, 0.3) is 5.57 Å². The Hall–Kier alpha value is -2.64. The van der Waals surface area contributed by atoms with E-state index < -0.39 is 9.84 Å². The first-order valence-electron chi connectivity index (χ1n) is 12.7. The van der Waals surface area contributed by atoms with Crippen molar-refractivity contribution in [3.05, 3.63) is 64.7 Å². The fraction of sp³-hybridized carbons (Fsp3) is 0.464. The molecule has 7 heteroatoms. The number of aryl methyl sites for hydroxylation is 1. The monoisotopic (exact) mass is 494 g/mol. The molecule has 186 valence electrons. The number of nitrogens with one attached hydrogen (secondary N) is 2. The Labute approximate surface area is 208 Å². The molecule has 0 spiro atoms. The van der Waals surface area contributed by atoms with Gasteiger partial charge in [0.15, 0.2) is 0 Å². The number of anilines is 1. The van der Waals surface area contributed by atoms with E-state index in [4.69, 9.17) is 4.74 Å². The van der Waals surface area contributed by atoms with Gasteiger partial charge in [-0.15, -0.1) is 0 Å². The second-order valence-corrected chi connectivity index (χ2v) is 12.4. The van der Waals surface area contributed by atoms with Gasteiger partial charge in [-0.25, -0.2) is 8.42 Å². The Morgan fingerprint density at radius 1 is 1.00 bits per heavy atom. The van der Waals surface area contributed by atoms with E-state index in [1.165, 1.54) is 35.1 Å². The van der Waals surface area contributed by atoms with E-state index >= 15 is 0 Å². The zero-order valence-electron chi connectivity index (χ0n) is 20.3. The van der Waals surface area contributed by atoms with Crippen LogP contribution in [-0.4, -0.2) is 45.0 Å². The van der Waals surface area contributed by atoms with Gasteiger partial charge in [-0.1, -0.05) is 11.6 Å². The maximum absolute atomic E-state index is 12.8. The van der Waals surface area contributed by atoms with Gasteiger partial charge in [0.2, 0.25) is 0 Å². The van der Waals surface area contributed by atoms with Crippen LogP contribution in [0, 0.1) is 5.92 Å². The molecule has 1 aliphatic heterocycles. The Morgan fingerprint density at radius 2 is 1.74 bits per heavy atom. The Kier molecular flexibility index (Phi) is 6.98. The summed E-state index contributed by atoms with van der Waals surface area (Å²) >= 11 is 0. The van der Waals surface area contributed by atoms with Gasteiger partial charge < -0.3 is 15.4 Å². The fourth-order valence-electron chi connectivity index (χ4n) is 4.89. The highest BCUT2D eigenvalue weighted by Gasteiger charge is 2.24. The van der Waals surface area contributed by atoms with E-state index in [2.05, 4.69) is 29.7 Å². The quantitative estimate of drug-likeness (QED) is 0.560. The van der Waals surface area contributed by atoms with Crippen LogP contribution in [-0.2, 0) is 16.3 Å². The van der Waals surface area contributed by atoms with Crippen molar-refractivity contribution in [1.29, 1.82) is 0 Å². The zero-order valence-corrected chi connectivity index (χ0v) is 21.1. The van der Waals surface area contributed by atoms with Crippen molar-refractivity contribution < 1.29 is 17.9 Å². The summed E-state index contributed by atoms with van der Waals surface area (Å²) in [7, 11) is -2.83. The molecule has 0 unspecified atom stereocenters. The minimum atomic E-state index is -2.83. The molecule has 0 aromatic heterocycles. The fourth-order valence-corrected chi connectivity index (χ4v) is 6.39. The van der Waals surface area contributed by atoms with E-state index in [1.807, 2.05) is 30.3 Å². The molecule has 0 radical (unpaired) electrons. The van der Waals surface area contributed by atoms with Crippen molar-refractivity contribution in [2.45, 2.75) is 51.5 Å². The molecule has 0 bridgehead atoms. The largest absolute Gasteiger partial charge is 0.493 e. The summed E-state index contributed by atoms with van der Waals surface area (Å²) in [5, 5.41) is 6.61. The van der Waals surface area contributed by atoms with Gasteiger partial charge >= 0.3 is 0 Å². The summed E-state index contributed by atoms with van der Waals surface area (Å²) in [5.41, 5.74) is 6.56. The predicted molar refractivity (Wildman–Crippen MR) is 140 cm³/mol. The van der Waals surface area contributed by atoms with E-state index in [-0.39, 0.29) is 11.9 Å². The summed E-state index contributed by atoms with van der Waals surface area (Å²) in [6.07, 6.45) is 5.80. The van der Waals surface area contributed by atoms with Crippen molar-refractivity contribution in [3.8, 4) is 5.75 Å². The summed E-state index contributed by atoms with van der Waals surface area (Å²) in [4.78, 5) is 12.8. The lowest BCUT2D eigenvalue weighted by molar-refractivity contribution is 0.102. The molecule has 6 nitrogen and oxygen atoms in total. The van der Waals surface area contributed by atoms with Gasteiger partial charge in [-0.05, 0) is 104 Å². The van der Waals surface area contributed by atoms with Crippen molar-refractivity contribution >= 4 is 27.0 Å². The van der Waals surface area contributed by atoms with E-state index in [9.17, 15) is 13.2 Å². The number of fused-ring (bicyclic) bond motifs is 1. The third kappa shape index (κ3) is 6.14. The van der Waals surface area contributed by atoms with Crippen LogP contribution < -0.4 is 15.4 Å². The van der Waals surface area contributed by atoms with Gasteiger partial charge in [0.1, 0.15) is 15.6 Å². The molecular weight excluding hydrogens is 460 g/mol. The number of hydrogen-bond acceptors (Lipinski definition) is 5. The van der Waals surface area contributed by atoms with Crippen LogP contribution in [0.4, 0.5) is 5.69 Å². The van der Waals surface area contributed by atoms with Gasteiger partial charge in [-0.2, -0.15) is 0 Å². The number of rotatable bonds is 8. The summed E-state index contributed by atoms with van der Waals surface area (Å²) in [6, 6.07) is 13.8. The van der Waals surface area contributed by atoms with Crippen LogP contribution in [0.1, 0.15) is 60.5 Å². The highest BCUT2D eigenvalue weighted by molar-refractivity contribution is 7.91. The molecule has 1 heterocycles. The maximum Gasteiger partial charge on any atom is 0.255 e. The third-order valence-electron chi connectivity index (χ3n) is 7.45. The SMILES string of the molecule is CC1=C(CNC2CCS(=O)(=O)CC2)CCc2cc(NC(=O)c3ccc(OCC4CC4)cc3)ccc21. The Balaban J connectivity index is 1.18. The lowest BCUT2D eigenvalue weighted by Gasteiger charge is -2.27. The molecule has 1 saturated heterocycles. The van der Waals surface area contributed by atoms with Crippen LogP contribution in [0.5, 0.6) is 5.75 Å². The second kappa shape index (κ2) is 10.2. The minimum Gasteiger partial charge on any atom is -0.493 e. The van der Waals surface area contributed by atoms with Crippen molar-refractivity contribution in [2.75, 3.05) is 30.0 Å². The van der Waals surface area contributed by atoms with Crippen molar-refractivity contribution in [3.63, 3.8) is 0 Å². The average molecular weight is 495 g/mol. The van der Waals surface area contributed by atoms with Crippen LogP contribution in [0.15, 0.2) is 48.0 Å². The molecule has 2 aromatic rings. The number of allylic oxidation sites excluding steroid dienone is 1. The second-order valence-electron chi connectivity index (χ2n) is 10.1. The number of sulfone groups is 1. The molecule has 1 amide bonds. The van der Waals surface area contributed by atoms with Crippen LogP contribution >= 0.6 is 0 Å². The number of amides is 1. The van der Waals surface area contributed by atoms with Gasteiger partial charge in [0, 0.05) is 23.8 Å². The predicted octanol–water partition coefficient (Wildman–Crippen LogP) is 4.61. The maximum atomic E-state index is 12.8. The zero-order chi connectivity index (χ0) is 24.4. The molecule has 3 aliphatic rings. The molecule has 2 N–H and O–H groups in total. The van der Waals surface area contributed by atoms with Gasteiger partial charge in [0.25, 0.3) is 5.91 Å². The average Bonchev–Trinajstić information content (AvgIpc) is 3.68. The molecular formula is C28H34N2O4S. The third-order valence-corrected chi connectivity index (χ3v) is 9.17. The van der Waals surface area contributed by atoms with E-state index in [1.54, 1.807) is 0 Å². The number of carbonyl (C=O) groups is 1. The molecule has 5 rings (SSSR count). The van der Waals surface area contributed by atoms with E-state index in [0.717, 1.165) is 37.4 Å². The topological polar surface area (TPSA) is 84.5 Å². The normalized spacial score (nSPS) is 19.8. The number of ether oxygens (including phenoxy) is 1. The lowest BCUT2D eigenvalue weighted by Crippen LogP contribution is -2.38. The summed E-state index contributed by atoms with van der Waals surface area (Å²) in [5.74, 6) is 1.96. The first-order chi connectivity index (χ1) is 16.9. The van der Waals surface area contributed by atoms with Crippen LogP contribution in [0.2, 0.25) is 0 Å².